The molecule has 0 spiro atoms. The van der Waals surface area contributed by atoms with Gasteiger partial charge in [-0.1, -0.05) is 51.4 Å². The molecule has 0 amide bonds. The molecule has 1 nitrogen and oxygen atoms in total. The summed E-state index contributed by atoms with van der Waals surface area (Å²) in [4.78, 5) is 0. The maximum Gasteiger partial charge on any atom is 0.0440 e. The van der Waals surface area contributed by atoms with Crippen LogP contribution in [0.15, 0.2) is 18.2 Å². The minimum Gasteiger partial charge on any atom is -0.314 e. The fourth-order valence-corrected chi connectivity index (χ4v) is 2.57. The summed E-state index contributed by atoms with van der Waals surface area (Å²) >= 11 is 6.28. The lowest BCUT2D eigenvalue weighted by molar-refractivity contribution is 0.258. The Balaban J connectivity index is 2.67. The van der Waals surface area contributed by atoms with Gasteiger partial charge in [0.2, 0.25) is 0 Å². The molecule has 0 fully saturated rings. The number of benzene rings is 1. The van der Waals surface area contributed by atoms with Crippen LogP contribution in [0.2, 0.25) is 5.02 Å². The van der Waals surface area contributed by atoms with E-state index in [1.807, 2.05) is 0 Å². The van der Waals surface area contributed by atoms with Crippen LogP contribution in [0.5, 0.6) is 0 Å². The van der Waals surface area contributed by atoms with E-state index in [-0.39, 0.29) is 5.41 Å². The molecule has 1 unspecified atom stereocenters. The molecular weight excluding hydrogens is 242 g/mol. The van der Waals surface area contributed by atoms with Crippen LogP contribution in [-0.2, 0) is 6.42 Å². The molecule has 0 aliphatic heterocycles. The summed E-state index contributed by atoms with van der Waals surface area (Å²) in [6.45, 7) is 12.1. The molecule has 1 aromatic rings. The molecular formula is C16H26ClN. The van der Waals surface area contributed by atoms with Crippen molar-refractivity contribution in [2.45, 2.75) is 53.5 Å². The van der Waals surface area contributed by atoms with Gasteiger partial charge in [0, 0.05) is 11.1 Å². The molecule has 2 heteroatoms. The van der Waals surface area contributed by atoms with Crippen molar-refractivity contribution >= 4 is 11.6 Å². The fraction of sp³-hybridized carbons (Fsp3) is 0.625. The van der Waals surface area contributed by atoms with Crippen LogP contribution >= 0.6 is 11.6 Å². The molecule has 0 aromatic heterocycles. The summed E-state index contributed by atoms with van der Waals surface area (Å²) in [5.74, 6) is 0. The molecule has 0 aliphatic rings. The van der Waals surface area contributed by atoms with Crippen molar-refractivity contribution in [1.82, 2.24) is 5.32 Å². The lowest BCUT2D eigenvalue weighted by atomic mass is 9.83. The van der Waals surface area contributed by atoms with Gasteiger partial charge in [-0.2, -0.15) is 0 Å². The second-order valence-electron chi connectivity index (χ2n) is 6.11. The van der Waals surface area contributed by atoms with E-state index >= 15 is 0 Å². The van der Waals surface area contributed by atoms with Gasteiger partial charge in [0.1, 0.15) is 0 Å². The summed E-state index contributed by atoms with van der Waals surface area (Å²) < 4.78 is 0. The Morgan fingerprint density at radius 3 is 2.44 bits per heavy atom. The van der Waals surface area contributed by atoms with Gasteiger partial charge in [0.05, 0.1) is 0 Å². The molecule has 18 heavy (non-hydrogen) atoms. The Kier molecular flexibility index (Phi) is 5.68. The average Bonchev–Trinajstić information content (AvgIpc) is 2.24. The predicted octanol–water partition coefficient (Wildman–Crippen LogP) is 4.61. The summed E-state index contributed by atoms with van der Waals surface area (Å²) in [6.07, 6.45) is 2.16. The Morgan fingerprint density at radius 1 is 1.28 bits per heavy atom. The van der Waals surface area contributed by atoms with E-state index in [9.17, 15) is 0 Å². The number of hydrogen-bond acceptors (Lipinski definition) is 1. The van der Waals surface area contributed by atoms with Gasteiger partial charge >= 0.3 is 0 Å². The van der Waals surface area contributed by atoms with Gasteiger partial charge < -0.3 is 5.32 Å². The van der Waals surface area contributed by atoms with E-state index in [0.29, 0.717) is 6.04 Å². The zero-order chi connectivity index (χ0) is 13.8. The van der Waals surface area contributed by atoms with Crippen LogP contribution < -0.4 is 5.32 Å². The molecule has 1 atom stereocenters. The number of rotatable bonds is 5. The van der Waals surface area contributed by atoms with E-state index in [4.69, 9.17) is 11.6 Å². The molecule has 0 aliphatic carbocycles. The van der Waals surface area contributed by atoms with E-state index in [1.54, 1.807) is 0 Å². The van der Waals surface area contributed by atoms with Crippen molar-refractivity contribution in [3.05, 3.63) is 34.3 Å². The summed E-state index contributed by atoms with van der Waals surface area (Å²) in [6, 6.07) is 6.88. The Bertz CT molecular complexity index is 379. The predicted molar refractivity (Wildman–Crippen MR) is 81.4 cm³/mol. The molecule has 102 valence electrons. The van der Waals surface area contributed by atoms with E-state index in [0.717, 1.165) is 24.4 Å². The van der Waals surface area contributed by atoms with Crippen LogP contribution in [0.1, 0.15) is 45.2 Å². The highest BCUT2D eigenvalue weighted by Gasteiger charge is 2.23. The van der Waals surface area contributed by atoms with E-state index < -0.39 is 0 Å². The van der Waals surface area contributed by atoms with E-state index in [2.05, 4.69) is 58.1 Å². The zero-order valence-electron chi connectivity index (χ0n) is 12.3. The van der Waals surface area contributed by atoms with Crippen LogP contribution in [0, 0.1) is 12.3 Å². The zero-order valence-corrected chi connectivity index (χ0v) is 13.1. The second-order valence-corrected chi connectivity index (χ2v) is 6.52. The highest BCUT2D eigenvalue weighted by molar-refractivity contribution is 6.31. The van der Waals surface area contributed by atoms with Crippen molar-refractivity contribution in [2.75, 3.05) is 6.54 Å². The van der Waals surface area contributed by atoms with Gasteiger partial charge in [0.15, 0.2) is 0 Å². The Morgan fingerprint density at radius 2 is 1.94 bits per heavy atom. The third-order valence-corrected chi connectivity index (χ3v) is 3.76. The number of aryl methyl sites for hydroxylation is 2. The quantitative estimate of drug-likeness (QED) is 0.822. The minimum absolute atomic E-state index is 0.285. The second kappa shape index (κ2) is 6.58. The van der Waals surface area contributed by atoms with Crippen molar-refractivity contribution < 1.29 is 0 Å². The van der Waals surface area contributed by atoms with Gasteiger partial charge in [-0.15, -0.1) is 0 Å². The van der Waals surface area contributed by atoms with Gasteiger partial charge in [-0.3, -0.25) is 0 Å². The van der Waals surface area contributed by atoms with Crippen LogP contribution in [0.4, 0.5) is 0 Å². The third kappa shape index (κ3) is 4.62. The first kappa shape index (κ1) is 15.5. The minimum atomic E-state index is 0.285. The Hall–Kier alpha value is -0.530. The van der Waals surface area contributed by atoms with Crippen LogP contribution in [-0.4, -0.2) is 12.6 Å². The number of hydrogen-bond donors (Lipinski definition) is 1. The molecule has 0 saturated carbocycles. The fourth-order valence-electron chi connectivity index (χ4n) is 2.24. The molecule has 0 heterocycles. The van der Waals surface area contributed by atoms with Crippen LogP contribution in [0.25, 0.3) is 0 Å². The van der Waals surface area contributed by atoms with Crippen molar-refractivity contribution in [3.63, 3.8) is 0 Å². The first-order chi connectivity index (χ1) is 8.34. The van der Waals surface area contributed by atoms with Gasteiger partial charge in [-0.25, -0.2) is 0 Å². The van der Waals surface area contributed by atoms with Crippen molar-refractivity contribution in [2.24, 2.45) is 5.41 Å². The number of halogens is 1. The summed E-state index contributed by atoms with van der Waals surface area (Å²) in [5, 5.41) is 4.48. The molecule has 0 bridgehead atoms. The first-order valence-electron chi connectivity index (χ1n) is 6.83. The van der Waals surface area contributed by atoms with Crippen molar-refractivity contribution in [3.8, 4) is 0 Å². The number of nitrogens with one attached hydrogen (secondary N) is 1. The highest BCUT2D eigenvalue weighted by atomic mass is 35.5. The molecule has 1 rings (SSSR count). The lowest BCUT2D eigenvalue weighted by Gasteiger charge is -2.31. The molecule has 1 N–H and O–H groups in total. The smallest absolute Gasteiger partial charge is 0.0440 e. The van der Waals surface area contributed by atoms with E-state index in [1.165, 1.54) is 11.1 Å². The maximum absolute atomic E-state index is 6.28. The van der Waals surface area contributed by atoms with Gasteiger partial charge in [0.25, 0.3) is 0 Å². The average molecular weight is 268 g/mol. The SMILES string of the molecule is CCNC(CCc1ccc(C)cc1Cl)C(C)(C)C. The molecule has 0 radical (unpaired) electrons. The normalized spacial score (nSPS) is 13.7. The monoisotopic (exact) mass is 267 g/mol. The lowest BCUT2D eigenvalue weighted by Crippen LogP contribution is -2.40. The summed E-state index contributed by atoms with van der Waals surface area (Å²) in [5.41, 5.74) is 2.77. The topological polar surface area (TPSA) is 12.0 Å². The van der Waals surface area contributed by atoms with Crippen molar-refractivity contribution in [1.29, 1.82) is 0 Å². The molecule has 1 aromatic carbocycles. The Labute approximate surface area is 117 Å². The maximum atomic E-state index is 6.28. The standard InChI is InChI=1S/C16H26ClN/c1-6-18-15(16(3,4)5)10-9-13-8-7-12(2)11-14(13)17/h7-8,11,15,18H,6,9-10H2,1-5H3. The first-order valence-corrected chi connectivity index (χ1v) is 7.20. The third-order valence-electron chi connectivity index (χ3n) is 3.41. The largest absolute Gasteiger partial charge is 0.314 e. The highest BCUT2D eigenvalue weighted by Crippen LogP contribution is 2.25. The summed E-state index contributed by atoms with van der Waals surface area (Å²) in [7, 11) is 0. The van der Waals surface area contributed by atoms with Gasteiger partial charge in [-0.05, 0) is 48.9 Å². The molecule has 0 saturated heterocycles. The van der Waals surface area contributed by atoms with Crippen LogP contribution in [0.3, 0.4) is 0 Å².